The van der Waals surface area contributed by atoms with E-state index in [9.17, 15) is 19.5 Å². The maximum absolute atomic E-state index is 12.9. The highest BCUT2D eigenvalue weighted by atomic mass is 16.5. The molecule has 1 aliphatic heterocycles. The molecular formula is C30H31N3O5. The molecule has 2 aliphatic rings. The predicted octanol–water partition coefficient (Wildman–Crippen LogP) is 3.76. The lowest BCUT2D eigenvalue weighted by molar-refractivity contribution is -0.147. The molecule has 2 unspecified atom stereocenters. The van der Waals surface area contributed by atoms with Gasteiger partial charge in [-0.15, -0.1) is 0 Å². The average molecular weight is 514 g/mol. The van der Waals surface area contributed by atoms with E-state index in [1.165, 1.54) is 6.92 Å². The minimum Gasteiger partial charge on any atom is -0.479 e. The van der Waals surface area contributed by atoms with Gasteiger partial charge in [-0.2, -0.15) is 0 Å². The van der Waals surface area contributed by atoms with Crippen LogP contribution in [0.15, 0.2) is 78.9 Å². The molecule has 0 bridgehead atoms. The maximum atomic E-state index is 12.9. The maximum Gasteiger partial charge on any atom is 0.407 e. The molecule has 2 atom stereocenters. The number of hydrogen-bond donors (Lipinski definition) is 3. The van der Waals surface area contributed by atoms with Gasteiger partial charge in [0.2, 0.25) is 5.91 Å². The van der Waals surface area contributed by atoms with Crippen molar-refractivity contribution >= 4 is 18.0 Å². The van der Waals surface area contributed by atoms with Crippen LogP contribution in [0.1, 0.15) is 36.0 Å². The van der Waals surface area contributed by atoms with Crippen molar-refractivity contribution in [3.8, 4) is 11.1 Å². The Kier molecular flexibility index (Phi) is 7.15. The van der Waals surface area contributed by atoms with Crippen LogP contribution in [0.4, 0.5) is 4.79 Å². The summed E-state index contributed by atoms with van der Waals surface area (Å²) in [5.74, 6) is -1.75. The van der Waals surface area contributed by atoms with E-state index in [0.717, 1.165) is 27.8 Å². The predicted molar refractivity (Wildman–Crippen MR) is 143 cm³/mol. The topological polar surface area (TPSA) is 108 Å². The minimum atomic E-state index is -1.41. The fourth-order valence-electron chi connectivity index (χ4n) is 5.42. The number of hydrogen-bond acceptors (Lipinski definition) is 5. The number of fused-ring (bicyclic) bond motifs is 3. The van der Waals surface area contributed by atoms with E-state index in [-0.39, 0.29) is 25.5 Å². The van der Waals surface area contributed by atoms with Gasteiger partial charge >= 0.3 is 12.1 Å². The Hall–Kier alpha value is -4.17. The van der Waals surface area contributed by atoms with Crippen molar-refractivity contribution in [3.63, 3.8) is 0 Å². The Bertz CT molecular complexity index is 1300. The molecule has 8 nitrogen and oxygen atoms in total. The van der Waals surface area contributed by atoms with Crippen LogP contribution in [0.5, 0.6) is 0 Å². The van der Waals surface area contributed by atoms with Crippen molar-refractivity contribution in [1.29, 1.82) is 0 Å². The summed E-state index contributed by atoms with van der Waals surface area (Å²) < 4.78 is 5.53. The first-order chi connectivity index (χ1) is 18.4. The number of likely N-dealkylation sites (tertiary alicyclic amines) is 1. The van der Waals surface area contributed by atoms with Gasteiger partial charge in [0.1, 0.15) is 12.6 Å². The second kappa shape index (κ2) is 10.7. The van der Waals surface area contributed by atoms with E-state index in [0.29, 0.717) is 13.1 Å². The van der Waals surface area contributed by atoms with Crippen LogP contribution < -0.4 is 10.6 Å². The fourth-order valence-corrected chi connectivity index (χ4v) is 5.42. The first-order valence-corrected chi connectivity index (χ1v) is 12.8. The van der Waals surface area contributed by atoms with Crippen LogP contribution in [0.2, 0.25) is 0 Å². The summed E-state index contributed by atoms with van der Waals surface area (Å²) in [5.41, 5.74) is 4.10. The summed E-state index contributed by atoms with van der Waals surface area (Å²) in [5, 5.41) is 15.2. The number of alkyl carbamates (subject to hydrolysis) is 1. The zero-order valence-corrected chi connectivity index (χ0v) is 21.2. The molecule has 1 fully saturated rings. The molecule has 1 aliphatic carbocycles. The Morgan fingerprint density at radius 3 is 2.21 bits per heavy atom. The highest BCUT2D eigenvalue weighted by Gasteiger charge is 2.46. The van der Waals surface area contributed by atoms with E-state index in [2.05, 4.69) is 22.8 Å². The van der Waals surface area contributed by atoms with Gasteiger partial charge in [0.05, 0.1) is 0 Å². The standard InChI is InChI=1S/C30H31N3O5/c1-20(27(34)32-30(28(35)36)15-16-33(19-30)17-21-9-3-2-4-10-21)31-29(37)38-18-26-24-13-7-5-11-22(24)23-12-6-8-14-25(23)26/h2-14,20,26H,15-19H2,1H3,(H,31,37)(H,32,34)(H,35,36). The van der Waals surface area contributed by atoms with Crippen molar-refractivity contribution in [3.05, 3.63) is 95.6 Å². The van der Waals surface area contributed by atoms with Crippen molar-refractivity contribution in [2.45, 2.75) is 37.4 Å². The van der Waals surface area contributed by atoms with Gasteiger partial charge in [-0.05, 0) is 41.2 Å². The normalized spacial score (nSPS) is 19.3. The van der Waals surface area contributed by atoms with Gasteiger partial charge in [-0.1, -0.05) is 78.9 Å². The molecule has 3 aromatic carbocycles. The van der Waals surface area contributed by atoms with Gasteiger partial charge in [0, 0.05) is 25.6 Å². The Balaban J connectivity index is 1.17. The number of nitrogens with one attached hydrogen (secondary N) is 2. The van der Waals surface area contributed by atoms with E-state index >= 15 is 0 Å². The molecule has 3 N–H and O–H groups in total. The molecular weight excluding hydrogens is 482 g/mol. The molecule has 38 heavy (non-hydrogen) atoms. The fraction of sp³-hybridized carbons (Fsp3) is 0.300. The summed E-state index contributed by atoms with van der Waals surface area (Å²) in [6.45, 7) is 2.96. The van der Waals surface area contributed by atoms with Gasteiger partial charge in [-0.25, -0.2) is 9.59 Å². The number of ether oxygens (including phenoxy) is 1. The first-order valence-electron chi connectivity index (χ1n) is 12.8. The van der Waals surface area contributed by atoms with Crippen molar-refractivity contribution in [1.82, 2.24) is 15.5 Å². The molecule has 2 amide bonds. The summed E-state index contributed by atoms with van der Waals surface area (Å²) in [6, 6.07) is 24.9. The molecule has 3 aromatic rings. The van der Waals surface area contributed by atoms with Crippen molar-refractivity contribution in [2.75, 3.05) is 19.7 Å². The smallest absolute Gasteiger partial charge is 0.407 e. The molecule has 0 radical (unpaired) electrons. The molecule has 0 saturated carbocycles. The monoisotopic (exact) mass is 513 g/mol. The lowest BCUT2D eigenvalue weighted by atomic mass is 9.98. The van der Waals surface area contributed by atoms with Crippen LogP contribution in [-0.4, -0.2) is 59.3 Å². The number of carbonyl (C=O) groups is 3. The number of amides is 2. The molecule has 196 valence electrons. The lowest BCUT2D eigenvalue weighted by Gasteiger charge is -2.28. The number of aliphatic carboxylic acids is 1. The van der Waals surface area contributed by atoms with Crippen LogP contribution in [0.25, 0.3) is 11.1 Å². The quantitative estimate of drug-likeness (QED) is 0.423. The third kappa shape index (κ3) is 5.13. The Morgan fingerprint density at radius 1 is 0.974 bits per heavy atom. The van der Waals surface area contributed by atoms with Gasteiger partial charge in [0.25, 0.3) is 0 Å². The van der Waals surface area contributed by atoms with Crippen molar-refractivity contribution in [2.24, 2.45) is 0 Å². The average Bonchev–Trinajstić information content (AvgIpc) is 3.47. The second-order valence-corrected chi connectivity index (χ2v) is 10.0. The largest absolute Gasteiger partial charge is 0.479 e. The number of benzene rings is 3. The van der Waals surface area contributed by atoms with Crippen LogP contribution in [0.3, 0.4) is 0 Å². The summed E-state index contributed by atoms with van der Waals surface area (Å²) >= 11 is 0. The number of carboxylic acid groups (broad SMARTS) is 1. The highest BCUT2D eigenvalue weighted by Crippen LogP contribution is 2.44. The number of carbonyl (C=O) groups excluding carboxylic acids is 2. The third-order valence-electron chi connectivity index (χ3n) is 7.44. The number of nitrogens with zero attached hydrogens (tertiary/aromatic N) is 1. The van der Waals surface area contributed by atoms with E-state index in [4.69, 9.17) is 4.74 Å². The van der Waals surface area contributed by atoms with Gasteiger partial charge < -0.3 is 20.5 Å². The van der Waals surface area contributed by atoms with Crippen LogP contribution in [0, 0.1) is 0 Å². The molecule has 1 heterocycles. The second-order valence-electron chi connectivity index (χ2n) is 10.0. The highest BCUT2D eigenvalue weighted by molar-refractivity contribution is 5.91. The van der Waals surface area contributed by atoms with Crippen LogP contribution in [-0.2, 0) is 20.9 Å². The first kappa shape index (κ1) is 25.5. The van der Waals surface area contributed by atoms with Crippen molar-refractivity contribution < 1.29 is 24.2 Å². The third-order valence-corrected chi connectivity index (χ3v) is 7.44. The van der Waals surface area contributed by atoms with E-state index in [1.54, 1.807) is 0 Å². The minimum absolute atomic E-state index is 0.0957. The van der Waals surface area contributed by atoms with E-state index in [1.807, 2.05) is 71.6 Å². The summed E-state index contributed by atoms with van der Waals surface area (Å²) in [7, 11) is 0. The Morgan fingerprint density at radius 2 is 1.58 bits per heavy atom. The molecule has 1 saturated heterocycles. The Labute approximate surface area is 221 Å². The summed E-state index contributed by atoms with van der Waals surface area (Å²) in [6.07, 6.45) is -0.450. The van der Waals surface area contributed by atoms with Gasteiger partial charge in [-0.3, -0.25) is 9.69 Å². The molecule has 5 rings (SSSR count). The number of carboxylic acids is 1. The van der Waals surface area contributed by atoms with Gasteiger partial charge in [0.15, 0.2) is 5.54 Å². The summed E-state index contributed by atoms with van der Waals surface area (Å²) in [4.78, 5) is 39.7. The molecule has 0 spiro atoms. The molecule has 0 aromatic heterocycles. The van der Waals surface area contributed by atoms with E-state index < -0.39 is 29.6 Å². The lowest BCUT2D eigenvalue weighted by Crippen LogP contribution is -2.60. The zero-order chi connectivity index (χ0) is 26.7. The number of rotatable bonds is 8. The zero-order valence-electron chi connectivity index (χ0n) is 21.2. The molecule has 8 heteroatoms. The van der Waals surface area contributed by atoms with Crippen LogP contribution >= 0.6 is 0 Å². The SMILES string of the molecule is CC(NC(=O)OCC1c2ccccc2-c2ccccc21)C(=O)NC1(C(=O)O)CCN(Cc2ccccc2)C1.